The third-order valence-corrected chi connectivity index (χ3v) is 5.58. The molecule has 4 rings (SSSR count). The van der Waals surface area contributed by atoms with Crippen molar-refractivity contribution in [1.29, 1.82) is 0 Å². The quantitative estimate of drug-likeness (QED) is 0.832. The lowest BCUT2D eigenvalue weighted by molar-refractivity contribution is -0.132. The summed E-state index contributed by atoms with van der Waals surface area (Å²) >= 11 is 0. The van der Waals surface area contributed by atoms with Gasteiger partial charge in [0.2, 0.25) is 11.8 Å². The van der Waals surface area contributed by atoms with Crippen molar-refractivity contribution in [2.24, 2.45) is 5.92 Å². The molecule has 0 bridgehead atoms. The Morgan fingerprint density at radius 2 is 2.15 bits per heavy atom. The molecule has 3 heterocycles. The van der Waals surface area contributed by atoms with E-state index >= 15 is 0 Å². The number of fused-ring (bicyclic) bond motifs is 1. The summed E-state index contributed by atoms with van der Waals surface area (Å²) in [6.45, 7) is 3.00. The molecule has 0 aliphatic carbocycles. The number of hydrogen-bond acceptors (Lipinski definition) is 5. The summed E-state index contributed by atoms with van der Waals surface area (Å²) in [4.78, 5) is 26.8. The first-order chi connectivity index (χ1) is 13.2. The number of rotatable bonds is 5. The molecule has 0 saturated carbocycles. The smallest absolute Gasteiger partial charge is 0.237 e. The van der Waals surface area contributed by atoms with Gasteiger partial charge in [-0.2, -0.15) is 0 Å². The van der Waals surface area contributed by atoms with E-state index in [4.69, 9.17) is 4.52 Å². The molecule has 0 spiro atoms. The fourth-order valence-electron chi connectivity index (χ4n) is 4.06. The Bertz CT molecular complexity index is 812. The molecule has 2 aromatic rings. The normalized spacial score (nSPS) is 22.9. The number of benzene rings is 1. The maximum Gasteiger partial charge on any atom is 0.237 e. The molecule has 0 radical (unpaired) electrons. The van der Waals surface area contributed by atoms with Gasteiger partial charge in [0.15, 0.2) is 5.58 Å². The predicted molar refractivity (Wildman–Crippen MR) is 101 cm³/mol. The second-order valence-corrected chi connectivity index (χ2v) is 7.54. The molecule has 7 heteroatoms. The van der Waals surface area contributed by atoms with Gasteiger partial charge >= 0.3 is 0 Å². The van der Waals surface area contributed by atoms with Crippen molar-refractivity contribution in [2.45, 2.75) is 38.1 Å². The van der Waals surface area contributed by atoms with E-state index in [2.05, 4.69) is 15.8 Å². The minimum absolute atomic E-state index is 0.0493. The molecule has 1 aromatic carbocycles. The van der Waals surface area contributed by atoms with Gasteiger partial charge in [-0.25, -0.2) is 0 Å². The number of nitrogens with one attached hydrogen (secondary N) is 2. The highest BCUT2D eigenvalue weighted by molar-refractivity contribution is 5.86. The van der Waals surface area contributed by atoms with E-state index < -0.39 is 0 Å². The van der Waals surface area contributed by atoms with Gasteiger partial charge in [-0.05, 0) is 50.3 Å². The molecule has 2 unspecified atom stereocenters. The molecule has 7 nitrogen and oxygen atoms in total. The number of amides is 2. The first-order valence-corrected chi connectivity index (χ1v) is 9.83. The molecular weight excluding hydrogens is 344 g/mol. The summed E-state index contributed by atoms with van der Waals surface area (Å²) in [5, 5.41) is 11.2. The van der Waals surface area contributed by atoms with E-state index in [0.29, 0.717) is 30.3 Å². The molecular formula is C20H26N4O3. The number of likely N-dealkylation sites (tertiary alicyclic amines) is 1. The standard InChI is InChI=1S/C20H26N4O3/c25-19(11-17-15-6-1-2-8-18(15)27-23-17)24-10-4-5-14(13-24)12-22-20(26)16-7-3-9-21-16/h1-2,6,8,14,16,21H,3-5,7,9-13H2,(H,22,26). The average molecular weight is 370 g/mol. The molecule has 144 valence electrons. The number of para-hydroxylation sites is 1. The Kier molecular flexibility index (Phi) is 5.38. The van der Waals surface area contributed by atoms with Crippen LogP contribution in [-0.2, 0) is 16.0 Å². The summed E-state index contributed by atoms with van der Waals surface area (Å²) in [5.41, 5.74) is 1.40. The van der Waals surface area contributed by atoms with Crippen LogP contribution in [0.15, 0.2) is 28.8 Å². The third-order valence-electron chi connectivity index (χ3n) is 5.58. The van der Waals surface area contributed by atoms with Gasteiger partial charge in [0, 0.05) is 25.0 Å². The number of piperidine rings is 1. The summed E-state index contributed by atoms with van der Waals surface area (Å²) in [7, 11) is 0. The van der Waals surface area contributed by atoms with Crippen molar-refractivity contribution in [1.82, 2.24) is 20.7 Å². The minimum Gasteiger partial charge on any atom is -0.356 e. The zero-order valence-corrected chi connectivity index (χ0v) is 15.4. The Labute approximate surface area is 158 Å². The monoisotopic (exact) mass is 370 g/mol. The van der Waals surface area contributed by atoms with Crippen LogP contribution in [0.2, 0.25) is 0 Å². The fraction of sp³-hybridized carbons (Fsp3) is 0.550. The van der Waals surface area contributed by atoms with Crippen LogP contribution in [0.3, 0.4) is 0 Å². The van der Waals surface area contributed by atoms with Gasteiger partial charge in [0.1, 0.15) is 5.69 Å². The van der Waals surface area contributed by atoms with Crippen molar-refractivity contribution < 1.29 is 14.1 Å². The number of hydrogen-bond donors (Lipinski definition) is 2. The van der Waals surface area contributed by atoms with Crippen LogP contribution >= 0.6 is 0 Å². The first-order valence-electron chi connectivity index (χ1n) is 9.83. The number of carbonyl (C=O) groups is 2. The zero-order valence-electron chi connectivity index (χ0n) is 15.4. The topological polar surface area (TPSA) is 87.5 Å². The summed E-state index contributed by atoms with van der Waals surface area (Å²) in [5.74, 6) is 0.467. The highest BCUT2D eigenvalue weighted by atomic mass is 16.5. The van der Waals surface area contributed by atoms with Gasteiger partial charge in [-0.1, -0.05) is 17.3 Å². The second kappa shape index (κ2) is 8.08. The first kappa shape index (κ1) is 18.0. The summed E-state index contributed by atoms with van der Waals surface area (Å²) in [6.07, 6.45) is 4.22. The summed E-state index contributed by atoms with van der Waals surface area (Å²) in [6, 6.07) is 7.55. The Balaban J connectivity index is 1.31. The molecule has 2 aliphatic rings. The van der Waals surface area contributed by atoms with E-state index in [0.717, 1.165) is 44.2 Å². The van der Waals surface area contributed by atoms with Crippen LogP contribution < -0.4 is 10.6 Å². The van der Waals surface area contributed by atoms with E-state index in [1.54, 1.807) is 0 Å². The molecule has 27 heavy (non-hydrogen) atoms. The number of nitrogens with zero attached hydrogens (tertiary/aromatic N) is 2. The van der Waals surface area contributed by atoms with Gasteiger partial charge in [-0.15, -0.1) is 0 Å². The van der Waals surface area contributed by atoms with E-state index in [1.807, 2.05) is 29.2 Å². The lowest BCUT2D eigenvalue weighted by Crippen LogP contribution is -2.47. The van der Waals surface area contributed by atoms with Crippen molar-refractivity contribution >= 4 is 22.8 Å². The zero-order chi connectivity index (χ0) is 18.6. The second-order valence-electron chi connectivity index (χ2n) is 7.54. The molecule has 2 N–H and O–H groups in total. The predicted octanol–water partition coefficient (Wildman–Crippen LogP) is 1.48. The van der Waals surface area contributed by atoms with Crippen molar-refractivity contribution in [3.8, 4) is 0 Å². The Morgan fingerprint density at radius 1 is 1.26 bits per heavy atom. The van der Waals surface area contributed by atoms with Crippen LogP contribution in [0.25, 0.3) is 11.0 Å². The fourth-order valence-corrected chi connectivity index (χ4v) is 4.06. The molecule has 2 aliphatic heterocycles. The average Bonchev–Trinajstić information content (AvgIpc) is 3.37. The number of aromatic nitrogens is 1. The van der Waals surface area contributed by atoms with Gasteiger partial charge in [-0.3, -0.25) is 9.59 Å². The van der Waals surface area contributed by atoms with Gasteiger partial charge in [0.05, 0.1) is 12.5 Å². The van der Waals surface area contributed by atoms with E-state index in [9.17, 15) is 9.59 Å². The lowest BCUT2D eigenvalue weighted by atomic mass is 9.97. The minimum atomic E-state index is -0.0493. The van der Waals surface area contributed by atoms with Crippen molar-refractivity contribution in [3.05, 3.63) is 30.0 Å². The van der Waals surface area contributed by atoms with Crippen molar-refractivity contribution in [3.63, 3.8) is 0 Å². The maximum atomic E-state index is 12.7. The molecule has 1 aromatic heterocycles. The third kappa shape index (κ3) is 4.13. The van der Waals surface area contributed by atoms with Crippen LogP contribution in [-0.4, -0.2) is 54.1 Å². The maximum absolute atomic E-state index is 12.7. The van der Waals surface area contributed by atoms with Crippen LogP contribution in [0.4, 0.5) is 0 Å². The molecule has 2 saturated heterocycles. The Morgan fingerprint density at radius 3 is 3.00 bits per heavy atom. The van der Waals surface area contributed by atoms with Crippen LogP contribution in [0.5, 0.6) is 0 Å². The van der Waals surface area contributed by atoms with Crippen LogP contribution in [0, 0.1) is 5.92 Å². The van der Waals surface area contributed by atoms with E-state index in [1.165, 1.54) is 0 Å². The van der Waals surface area contributed by atoms with Crippen LogP contribution in [0.1, 0.15) is 31.4 Å². The van der Waals surface area contributed by atoms with Gasteiger partial charge < -0.3 is 20.1 Å². The van der Waals surface area contributed by atoms with E-state index in [-0.39, 0.29) is 24.3 Å². The van der Waals surface area contributed by atoms with Gasteiger partial charge in [0.25, 0.3) is 0 Å². The number of carbonyl (C=O) groups excluding carboxylic acids is 2. The largest absolute Gasteiger partial charge is 0.356 e. The van der Waals surface area contributed by atoms with Crippen molar-refractivity contribution in [2.75, 3.05) is 26.2 Å². The Hall–Kier alpha value is -2.41. The highest BCUT2D eigenvalue weighted by Gasteiger charge is 2.27. The molecule has 2 fully saturated rings. The summed E-state index contributed by atoms with van der Waals surface area (Å²) < 4.78 is 5.30. The SMILES string of the molecule is O=C(NCC1CCCN(C(=O)Cc2noc3ccccc23)C1)C1CCCN1. The highest BCUT2D eigenvalue weighted by Crippen LogP contribution is 2.21. The lowest BCUT2D eigenvalue weighted by Gasteiger charge is -2.33. The molecule has 2 atom stereocenters. The molecule has 2 amide bonds.